The van der Waals surface area contributed by atoms with Gasteiger partial charge in [-0.05, 0) is 37.2 Å². The van der Waals surface area contributed by atoms with Crippen LogP contribution in [0.4, 0.5) is 0 Å². The van der Waals surface area contributed by atoms with Crippen molar-refractivity contribution in [2.24, 2.45) is 5.41 Å². The van der Waals surface area contributed by atoms with Crippen LogP contribution >= 0.6 is 0 Å². The number of hydrogen-bond donors (Lipinski definition) is 1. The van der Waals surface area contributed by atoms with E-state index in [9.17, 15) is 4.79 Å². The molecule has 0 amide bonds. The minimum Gasteiger partial charge on any atom is -0.490 e. The average molecular weight is 249 g/mol. The van der Waals surface area contributed by atoms with E-state index in [0.717, 1.165) is 25.7 Å². The van der Waals surface area contributed by atoms with Gasteiger partial charge in [0.05, 0.1) is 6.10 Å². The number of hydrogen-bond acceptors (Lipinski definition) is 3. The third-order valence-electron chi connectivity index (χ3n) is 3.54. The van der Waals surface area contributed by atoms with E-state index in [0.29, 0.717) is 11.2 Å². The van der Waals surface area contributed by atoms with E-state index in [4.69, 9.17) is 9.84 Å². The maximum absolute atomic E-state index is 10.8. The fourth-order valence-corrected chi connectivity index (χ4v) is 2.28. The summed E-state index contributed by atoms with van der Waals surface area (Å²) in [7, 11) is 0. The fourth-order valence-electron chi connectivity index (χ4n) is 2.28. The van der Waals surface area contributed by atoms with Gasteiger partial charge in [-0.15, -0.1) is 0 Å². The Morgan fingerprint density at radius 2 is 2.11 bits per heavy atom. The van der Waals surface area contributed by atoms with Gasteiger partial charge in [0.15, 0.2) is 5.69 Å². The van der Waals surface area contributed by atoms with Crippen LogP contribution in [0.25, 0.3) is 0 Å². The number of pyridine rings is 1. The molecule has 1 aliphatic carbocycles. The largest absolute Gasteiger partial charge is 0.490 e. The number of carboxylic acids is 1. The lowest BCUT2D eigenvalue weighted by Gasteiger charge is -2.34. The number of carbonyl (C=O) groups is 1. The number of carboxylic acid groups (broad SMARTS) is 1. The number of nitrogens with zero attached hydrogens (tertiary/aromatic N) is 1. The van der Waals surface area contributed by atoms with E-state index < -0.39 is 5.97 Å². The predicted octanol–water partition coefficient (Wildman–Crippen LogP) is 3.13. The van der Waals surface area contributed by atoms with Crippen molar-refractivity contribution in [2.45, 2.75) is 45.6 Å². The van der Waals surface area contributed by atoms with Crippen LogP contribution in [-0.2, 0) is 0 Å². The normalized spacial score (nSPS) is 19.4. The van der Waals surface area contributed by atoms with Gasteiger partial charge < -0.3 is 9.84 Å². The minimum absolute atomic E-state index is 0.0311. The van der Waals surface area contributed by atoms with Gasteiger partial charge in [-0.25, -0.2) is 9.78 Å². The summed E-state index contributed by atoms with van der Waals surface area (Å²) < 4.78 is 5.84. The number of aromatic nitrogens is 1. The molecule has 1 aromatic rings. The van der Waals surface area contributed by atoms with Crippen molar-refractivity contribution >= 4 is 5.97 Å². The molecule has 0 bridgehead atoms. The monoisotopic (exact) mass is 249 g/mol. The lowest BCUT2D eigenvalue weighted by molar-refractivity contribution is 0.0688. The second-order valence-electron chi connectivity index (χ2n) is 5.66. The maximum Gasteiger partial charge on any atom is 0.354 e. The van der Waals surface area contributed by atoms with Crippen molar-refractivity contribution < 1.29 is 14.6 Å². The summed E-state index contributed by atoms with van der Waals surface area (Å²) in [5, 5.41) is 8.87. The second kappa shape index (κ2) is 4.96. The molecule has 0 aliphatic heterocycles. The number of aromatic carboxylic acids is 1. The molecule has 1 aromatic heterocycles. The topological polar surface area (TPSA) is 59.4 Å². The molecule has 18 heavy (non-hydrogen) atoms. The zero-order chi connectivity index (χ0) is 13.2. The summed E-state index contributed by atoms with van der Waals surface area (Å²) in [6.07, 6.45) is 6.02. The van der Waals surface area contributed by atoms with Crippen LogP contribution in [0.1, 0.15) is 50.0 Å². The Bertz CT molecular complexity index is 432. The summed E-state index contributed by atoms with van der Waals surface area (Å²) >= 11 is 0. The first-order valence-corrected chi connectivity index (χ1v) is 6.32. The third kappa shape index (κ3) is 3.22. The standard InChI is InChI=1S/C14H19NO3/c1-14(2)6-3-10(4-7-14)18-11-5-8-15-12(9-11)13(16)17/h5,8-10H,3-4,6-7H2,1-2H3,(H,16,17). The summed E-state index contributed by atoms with van der Waals surface area (Å²) in [5.41, 5.74) is 0.438. The second-order valence-corrected chi connectivity index (χ2v) is 5.66. The van der Waals surface area contributed by atoms with E-state index in [1.54, 1.807) is 6.07 Å². The summed E-state index contributed by atoms with van der Waals surface area (Å²) in [4.78, 5) is 14.6. The first-order chi connectivity index (χ1) is 8.46. The molecule has 98 valence electrons. The Morgan fingerprint density at radius 1 is 1.44 bits per heavy atom. The first-order valence-electron chi connectivity index (χ1n) is 6.32. The Balaban J connectivity index is 1.98. The fraction of sp³-hybridized carbons (Fsp3) is 0.571. The highest BCUT2D eigenvalue weighted by molar-refractivity contribution is 5.85. The Labute approximate surface area is 107 Å². The average Bonchev–Trinajstić information content (AvgIpc) is 2.32. The van der Waals surface area contributed by atoms with Gasteiger partial charge in [0, 0.05) is 12.3 Å². The highest BCUT2D eigenvalue weighted by atomic mass is 16.5. The van der Waals surface area contributed by atoms with E-state index >= 15 is 0 Å². The van der Waals surface area contributed by atoms with Gasteiger partial charge >= 0.3 is 5.97 Å². The molecule has 0 saturated heterocycles. The molecular formula is C14H19NO3. The Hall–Kier alpha value is -1.58. The van der Waals surface area contributed by atoms with Gasteiger partial charge in [0.1, 0.15) is 5.75 Å². The van der Waals surface area contributed by atoms with Crippen LogP contribution in [0.5, 0.6) is 5.75 Å². The van der Waals surface area contributed by atoms with Crippen LogP contribution in [0, 0.1) is 5.41 Å². The smallest absolute Gasteiger partial charge is 0.354 e. The van der Waals surface area contributed by atoms with Crippen LogP contribution in [0.3, 0.4) is 0 Å². The quantitative estimate of drug-likeness (QED) is 0.894. The van der Waals surface area contributed by atoms with Crippen LogP contribution in [0.15, 0.2) is 18.3 Å². The number of ether oxygens (including phenoxy) is 1. The van der Waals surface area contributed by atoms with Gasteiger partial charge in [-0.2, -0.15) is 0 Å². The molecule has 4 heteroatoms. The van der Waals surface area contributed by atoms with Crippen molar-refractivity contribution in [1.29, 1.82) is 0 Å². The minimum atomic E-state index is -1.02. The first kappa shape index (κ1) is 12.9. The van der Waals surface area contributed by atoms with Crippen molar-refractivity contribution in [3.8, 4) is 5.75 Å². The molecule has 1 N–H and O–H groups in total. The lowest BCUT2D eigenvalue weighted by Crippen LogP contribution is -2.28. The molecule has 0 atom stereocenters. The SMILES string of the molecule is CC1(C)CCC(Oc2ccnc(C(=O)O)c2)CC1. The molecule has 4 nitrogen and oxygen atoms in total. The zero-order valence-electron chi connectivity index (χ0n) is 10.8. The van der Waals surface area contributed by atoms with E-state index in [2.05, 4.69) is 18.8 Å². The van der Waals surface area contributed by atoms with E-state index in [1.165, 1.54) is 12.3 Å². The van der Waals surface area contributed by atoms with Crippen LogP contribution in [0.2, 0.25) is 0 Å². The van der Waals surface area contributed by atoms with Gasteiger partial charge in [0.2, 0.25) is 0 Å². The molecule has 0 aromatic carbocycles. The van der Waals surface area contributed by atoms with Crippen LogP contribution in [-0.4, -0.2) is 22.2 Å². The molecule has 1 heterocycles. The highest BCUT2D eigenvalue weighted by Crippen LogP contribution is 2.36. The predicted molar refractivity (Wildman–Crippen MR) is 67.9 cm³/mol. The molecule has 1 aliphatic rings. The maximum atomic E-state index is 10.8. The van der Waals surface area contributed by atoms with Gasteiger partial charge in [-0.1, -0.05) is 13.8 Å². The molecule has 0 unspecified atom stereocenters. The molecule has 0 radical (unpaired) electrons. The van der Waals surface area contributed by atoms with Gasteiger partial charge in [0.25, 0.3) is 0 Å². The molecular weight excluding hydrogens is 230 g/mol. The zero-order valence-corrected chi connectivity index (χ0v) is 10.8. The van der Waals surface area contributed by atoms with E-state index in [-0.39, 0.29) is 11.8 Å². The van der Waals surface area contributed by atoms with E-state index in [1.807, 2.05) is 0 Å². The summed E-state index contributed by atoms with van der Waals surface area (Å²) in [6, 6.07) is 3.20. The van der Waals surface area contributed by atoms with Crippen molar-refractivity contribution in [1.82, 2.24) is 4.98 Å². The molecule has 2 rings (SSSR count). The summed E-state index contributed by atoms with van der Waals surface area (Å²) in [5.74, 6) is -0.419. The third-order valence-corrected chi connectivity index (χ3v) is 3.54. The highest BCUT2D eigenvalue weighted by Gasteiger charge is 2.27. The lowest BCUT2D eigenvalue weighted by atomic mass is 9.76. The van der Waals surface area contributed by atoms with Crippen molar-refractivity contribution in [2.75, 3.05) is 0 Å². The molecule has 1 saturated carbocycles. The Kier molecular flexibility index (Phi) is 3.55. The number of rotatable bonds is 3. The van der Waals surface area contributed by atoms with Crippen molar-refractivity contribution in [3.05, 3.63) is 24.0 Å². The summed E-state index contributed by atoms with van der Waals surface area (Å²) in [6.45, 7) is 4.55. The molecule has 1 fully saturated rings. The van der Waals surface area contributed by atoms with Gasteiger partial charge in [-0.3, -0.25) is 0 Å². The van der Waals surface area contributed by atoms with Crippen LogP contribution < -0.4 is 4.74 Å². The Morgan fingerprint density at radius 3 is 2.72 bits per heavy atom. The van der Waals surface area contributed by atoms with Crippen molar-refractivity contribution in [3.63, 3.8) is 0 Å². The molecule has 0 spiro atoms.